The van der Waals surface area contributed by atoms with Crippen LogP contribution in [0.15, 0.2) is 52.3 Å². The van der Waals surface area contributed by atoms with Gasteiger partial charge in [-0.1, -0.05) is 35.5 Å². The minimum Gasteiger partial charge on any atom is -0.351 e. The third-order valence-corrected chi connectivity index (χ3v) is 6.33. The SMILES string of the molecule is O=C1Nc2cc(C(=O)NCCN3CCCC3)ccc2S/C1=C/c1cccc(Cl)c1. The predicted octanol–water partition coefficient (Wildman–Crippen LogP) is 4.25. The Morgan fingerprint density at radius 3 is 2.83 bits per heavy atom. The van der Waals surface area contributed by atoms with E-state index in [4.69, 9.17) is 11.6 Å². The number of likely N-dealkylation sites (tertiary alicyclic amines) is 1. The number of hydrogen-bond acceptors (Lipinski definition) is 4. The molecule has 150 valence electrons. The average Bonchev–Trinajstić information content (AvgIpc) is 3.22. The number of hydrogen-bond donors (Lipinski definition) is 2. The molecule has 2 heterocycles. The first kappa shape index (κ1) is 20.0. The van der Waals surface area contributed by atoms with E-state index in [1.165, 1.54) is 24.6 Å². The van der Waals surface area contributed by atoms with Crippen LogP contribution in [0, 0.1) is 0 Å². The van der Waals surface area contributed by atoms with Gasteiger partial charge in [-0.25, -0.2) is 0 Å². The van der Waals surface area contributed by atoms with E-state index in [0.29, 0.717) is 27.7 Å². The highest BCUT2D eigenvalue weighted by atomic mass is 35.5. The average molecular weight is 428 g/mol. The third kappa shape index (κ3) is 5.01. The summed E-state index contributed by atoms with van der Waals surface area (Å²) in [7, 11) is 0. The van der Waals surface area contributed by atoms with Crippen molar-refractivity contribution in [3.05, 3.63) is 63.5 Å². The number of carbonyl (C=O) groups excluding carboxylic acids is 2. The van der Waals surface area contributed by atoms with Gasteiger partial charge in [-0.2, -0.15) is 0 Å². The highest BCUT2D eigenvalue weighted by Gasteiger charge is 2.22. The fraction of sp³-hybridized carbons (Fsp3) is 0.273. The molecule has 0 aromatic heterocycles. The number of amides is 2. The normalized spacial score (nSPS) is 17.8. The highest BCUT2D eigenvalue weighted by molar-refractivity contribution is 8.04. The molecule has 7 heteroatoms. The van der Waals surface area contributed by atoms with E-state index in [0.717, 1.165) is 30.1 Å². The molecular formula is C22H22ClN3O2S. The molecule has 0 spiro atoms. The lowest BCUT2D eigenvalue weighted by molar-refractivity contribution is -0.112. The van der Waals surface area contributed by atoms with Crippen molar-refractivity contribution in [2.45, 2.75) is 17.7 Å². The van der Waals surface area contributed by atoms with Crippen molar-refractivity contribution >= 4 is 46.9 Å². The van der Waals surface area contributed by atoms with Gasteiger partial charge in [0.15, 0.2) is 0 Å². The van der Waals surface area contributed by atoms with Crippen LogP contribution >= 0.6 is 23.4 Å². The topological polar surface area (TPSA) is 61.4 Å². The highest BCUT2D eigenvalue weighted by Crippen LogP contribution is 2.39. The lowest BCUT2D eigenvalue weighted by Crippen LogP contribution is -2.33. The number of anilines is 1. The second-order valence-electron chi connectivity index (χ2n) is 7.14. The van der Waals surface area contributed by atoms with Gasteiger partial charge in [0.05, 0.1) is 10.6 Å². The molecule has 2 aromatic rings. The van der Waals surface area contributed by atoms with Gasteiger partial charge in [-0.3, -0.25) is 9.59 Å². The molecule has 2 aliphatic heterocycles. The van der Waals surface area contributed by atoms with E-state index >= 15 is 0 Å². The van der Waals surface area contributed by atoms with Gasteiger partial charge < -0.3 is 15.5 Å². The van der Waals surface area contributed by atoms with Crippen LogP contribution in [0.4, 0.5) is 5.69 Å². The molecule has 0 atom stereocenters. The minimum absolute atomic E-state index is 0.119. The van der Waals surface area contributed by atoms with Crippen molar-refractivity contribution in [3.8, 4) is 0 Å². The number of rotatable bonds is 5. The number of benzene rings is 2. The number of thioether (sulfide) groups is 1. The molecular weight excluding hydrogens is 406 g/mol. The van der Waals surface area contributed by atoms with Crippen LogP contribution in [0.5, 0.6) is 0 Å². The monoisotopic (exact) mass is 427 g/mol. The van der Waals surface area contributed by atoms with Crippen molar-refractivity contribution < 1.29 is 9.59 Å². The number of fused-ring (bicyclic) bond motifs is 1. The Balaban J connectivity index is 1.42. The number of halogens is 1. The molecule has 4 rings (SSSR count). The van der Waals surface area contributed by atoms with Gasteiger partial charge in [0, 0.05) is 28.6 Å². The third-order valence-electron chi connectivity index (χ3n) is 4.99. The van der Waals surface area contributed by atoms with Gasteiger partial charge in [0.1, 0.15) is 0 Å². The van der Waals surface area contributed by atoms with Crippen LogP contribution in [0.25, 0.3) is 6.08 Å². The summed E-state index contributed by atoms with van der Waals surface area (Å²) < 4.78 is 0. The van der Waals surface area contributed by atoms with Crippen LogP contribution in [-0.2, 0) is 4.79 Å². The summed E-state index contributed by atoms with van der Waals surface area (Å²) in [4.78, 5) is 28.8. The summed E-state index contributed by atoms with van der Waals surface area (Å²) in [5.41, 5.74) is 2.08. The second-order valence-corrected chi connectivity index (χ2v) is 8.66. The van der Waals surface area contributed by atoms with E-state index < -0.39 is 0 Å². The smallest absolute Gasteiger partial charge is 0.262 e. The molecule has 0 bridgehead atoms. The Bertz CT molecular complexity index is 970. The van der Waals surface area contributed by atoms with E-state index in [1.54, 1.807) is 18.2 Å². The van der Waals surface area contributed by atoms with Crippen molar-refractivity contribution in [2.75, 3.05) is 31.5 Å². The summed E-state index contributed by atoms with van der Waals surface area (Å²) in [6.45, 7) is 3.73. The number of nitrogens with one attached hydrogen (secondary N) is 2. The molecule has 2 amide bonds. The maximum absolute atomic E-state index is 12.5. The van der Waals surface area contributed by atoms with E-state index in [9.17, 15) is 9.59 Å². The molecule has 0 saturated carbocycles. The van der Waals surface area contributed by atoms with Crippen LogP contribution < -0.4 is 10.6 Å². The molecule has 1 fully saturated rings. The zero-order chi connectivity index (χ0) is 20.2. The van der Waals surface area contributed by atoms with Crippen molar-refractivity contribution in [1.82, 2.24) is 10.2 Å². The van der Waals surface area contributed by atoms with E-state index in [2.05, 4.69) is 15.5 Å². The molecule has 1 saturated heterocycles. The summed E-state index contributed by atoms with van der Waals surface area (Å²) in [5.74, 6) is -0.305. The molecule has 5 nitrogen and oxygen atoms in total. The summed E-state index contributed by atoms with van der Waals surface area (Å²) in [6.07, 6.45) is 4.29. The lowest BCUT2D eigenvalue weighted by atomic mass is 10.1. The van der Waals surface area contributed by atoms with E-state index in [1.807, 2.05) is 30.3 Å². The Hall–Kier alpha value is -2.28. The van der Waals surface area contributed by atoms with Crippen LogP contribution in [0.2, 0.25) is 5.02 Å². The lowest BCUT2D eigenvalue weighted by Gasteiger charge is -2.20. The van der Waals surface area contributed by atoms with Crippen molar-refractivity contribution in [3.63, 3.8) is 0 Å². The van der Waals surface area contributed by atoms with Gasteiger partial charge in [0.25, 0.3) is 11.8 Å². The molecule has 2 N–H and O–H groups in total. The fourth-order valence-corrected chi connectivity index (χ4v) is 4.62. The Morgan fingerprint density at radius 1 is 1.21 bits per heavy atom. The first-order valence-electron chi connectivity index (χ1n) is 9.69. The maximum atomic E-state index is 12.5. The van der Waals surface area contributed by atoms with Crippen molar-refractivity contribution in [2.24, 2.45) is 0 Å². The molecule has 0 unspecified atom stereocenters. The Kier molecular flexibility index (Phi) is 6.23. The molecule has 0 radical (unpaired) electrons. The molecule has 0 aliphatic carbocycles. The zero-order valence-electron chi connectivity index (χ0n) is 15.9. The number of carbonyl (C=O) groups is 2. The summed E-state index contributed by atoms with van der Waals surface area (Å²) >= 11 is 7.41. The first-order chi connectivity index (χ1) is 14.1. The number of nitrogens with zero attached hydrogens (tertiary/aromatic N) is 1. The molecule has 2 aliphatic rings. The first-order valence-corrected chi connectivity index (χ1v) is 10.9. The van der Waals surface area contributed by atoms with E-state index in [-0.39, 0.29) is 11.8 Å². The molecule has 2 aromatic carbocycles. The van der Waals surface area contributed by atoms with Crippen LogP contribution in [0.3, 0.4) is 0 Å². The summed E-state index contributed by atoms with van der Waals surface area (Å²) in [5, 5.41) is 6.48. The predicted molar refractivity (Wildman–Crippen MR) is 118 cm³/mol. The van der Waals surface area contributed by atoms with Gasteiger partial charge in [0.2, 0.25) is 0 Å². The molecule has 29 heavy (non-hydrogen) atoms. The van der Waals surface area contributed by atoms with Gasteiger partial charge in [-0.15, -0.1) is 0 Å². The fourth-order valence-electron chi connectivity index (χ4n) is 3.49. The zero-order valence-corrected chi connectivity index (χ0v) is 17.5. The standard InChI is InChI=1S/C22H22ClN3O2S/c23-17-5-3-4-15(12-17)13-20-22(28)25-18-14-16(6-7-19(18)29-20)21(27)24-8-11-26-9-1-2-10-26/h3-7,12-14H,1-2,8-11H2,(H,24,27)(H,25,28)/b20-13+. The quantitative estimate of drug-likeness (QED) is 0.700. The second kappa shape index (κ2) is 9.03. The summed E-state index contributed by atoms with van der Waals surface area (Å²) in [6, 6.07) is 12.8. The van der Waals surface area contributed by atoms with Crippen LogP contribution in [-0.4, -0.2) is 42.9 Å². The largest absolute Gasteiger partial charge is 0.351 e. The van der Waals surface area contributed by atoms with Crippen molar-refractivity contribution in [1.29, 1.82) is 0 Å². The Labute approximate surface area is 179 Å². The van der Waals surface area contributed by atoms with Crippen LogP contribution in [0.1, 0.15) is 28.8 Å². The maximum Gasteiger partial charge on any atom is 0.262 e. The minimum atomic E-state index is -0.186. The van der Waals surface area contributed by atoms with Gasteiger partial charge >= 0.3 is 0 Å². The van der Waals surface area contributed by atoms with Gasteiger partial charge in [-0.05, 0) is 67.9 Å². The Morgan fingerprint density at radius 2 is 2.03 bits per heavy atom.